The molecule has 4 heteroatoms. The molecule has 0 radical (unpaired) electrons. The summed E-state index contributed by atoms with van der Waals surface area (Å²) >= 11 is 0. The van der Waals surface area contributed by atoms with Crippen LogP contribution in [0, 0.1) is 30.6 Å². The number of likely N-dealkylation sites (tertiary alicyclic amines) is 1. The quantitative estimate of drug-likeness (QED) is 0.698. The van der Waals surface area contributed by atoms with Gasteiger partial charge in [-0.15, -0.1) is 0 Å². The van der Waals surface area contributed by atoms with E-state index in [2.05, 4.69) is 36.2 Å². The number of aromatic amines is 1. The Kier molecular flexibility index (Phi) is 2.82. The lowest BCUT2D eigenvalue weighted by atomic mass is 9.85. The first-order valence-corrected chi connectivity index (χ1v) is 8.75. The van der Waals surface area contributed by atoms with Crippen LogP contribution in [0.2, 0.25) is 0 Å². The van der Waals surface area contributed by atoms with Crippen LogP contribution < -0.4 is 0 Å². The fourth-order valence-electron chi connectivity index (χ4n) is 5.06. The monoisotopic (exact) mass is 320 g/mol. The minimum Gasteiger partial charge on any atom is -0.358 e. The van der Waals surface area contributed by atoms with E-state index < -0.39 is 0 Å². The zero-order valence-electron chi connectivity index (χ0n) is 13.7. The molecule has 1 aliphatic heterocycles. The van der Waals surface area contributed by atoms with E-state index in [1.54, 1.807) is 0 Å². The number of nitrogens with zero attached hydrogens (tertiary/aromatic N) is 1. The van der Waals surface area contributed by atoms with Crippen molar-refractivity contribution in [3.8, 4) is 0 Å². The molecule has 1 saturated carbocycles. The van der Waals surface area contributed by atoms with Crippen LogP contribution in [0.5, 0.6) is 0 Å². The van der Waals surface area contributed by atoms with E-state index in [1.807, 2.05) is 12.1 Å². The van der Waals surface area contributed by atoms with E-state index >= 15 is 0 Å². The van der Waals surface area contributed by atoms with E-state index in [4.69, 9.17) is 0 Å². The number of carbonyl (C=O) groups excluding carboxylic acids is 2. The number of amides is 2. The van der Waals surface area contributed by atoms with E-state index in [0.29, 0.717) is 6.54 Å². The van der Waals surface area contributed by atoms with Crippen LogP contribution in [-0.2, 0) is 16.0 Å². The topological polar surface area (TPSA) is 53.2 Å². The Balaban J connectivity index is 1.40. The van der Waals surface area contributed by atoms with Gasteiger partial charge in [-0.3, -0.25) is 14.5 Å². The van der Waals surface area contributed by atoms with Crippen molar-refractivity contribution in [1.82, 2.24) is 9.88 Å². The van der Waals surface area contributed by atoms with Gasteiger partial charge in [0, 0.05) is 23.1 Å². The molecule has 1 N–H and O–H groups in total. The molecule has 4 nitrogen and oxygen atoms in total. The molecule has 0 unspecified atom stereocenters. The number of H-pyrrole nitrogens is 1. The molecule has 2 aromatic rings. The smallest absolute Gasteiger partial charge is 0.233 e. The van der Waals surface area contributed by atoms with E-state index in [-0.39, 0.29) is 35.5 Å². The van der Waals surface area contributed by atoms with Crippen LogP contribution in [0.3, 0.4) is 0 Å². The van der Waals surface area contributed by atoms with Gasteiger partial charge in [-0.05, 0) is 43.2 Å². The van der Waals surface area contributed by atoms with Gasteiger partial charge in [-0.1, -0.05) is 30.4 Å². The summed E-state index contributed by atoms with van der Waals surface area (Å²) < 4.78 is 0. The molecule has 1 aromatic carbocycles. The van der Waals surface area contributed by atoms with Crippen molar-refractivity contribution in [2.75, 3.05) is 6.54 Å². The predicted molar refractivity (Wildman–Crippen MR) is 91.2 cm³/mol. The van der Waals surface area contributed by atoms with E-state index in [1.165, 1.54) is 15.8 Å². The van der Waals surface area contributed by atoms with Crippen LogP contribution in [0.4, 0.5) is 0 Å². The first-order valence-electron chi connectivity index (χ1n) is 8.75. The molecule has 122 valence electrons. The molecule has 2 amide bonds. The Morgan fingerprint density at radius 1 is 1.08 bits per heavy atom. The molecule has 0 spiro atoms. The van der Waals surface area contributed by atoms with Crippen LogP contribution in [0.1, 0.15) is 17.7 Å². The average Bonchev–Trinajstić information content (AvgIpc) is 3.30. The molecule has 4 atom stereocenters. The largest absolute Gasteiger partial charge is 0.358 e. The minimum atomic E-state index is -0.0865. The molecule has 24 heavy (non-hydrogen) atoms. The summed E-state index contributed by atoms with van der Waals surface area (Å²) in [5.41, 5.74) is 3.45. The SMILES string of the molecule is Cc1[nH]c2ccccc2c1CCN1C(=O)[C@H]2[C@H](C1=O)[C@H]1C=C[C@H]2C1. The maximum Gasteiger partial charge on any atom is 0.233 e. The van der Waals surface area contributed by atoms with Crippen molar-refractivity contribution < 1.29 is 9.59 Å². The van der Waals surface area contributed by atoms with Gasteiger partial charge >= 0.3 is 0 Å². The third kappa shape index (κ3) is 1.74. The van der Waals surface area contributed by atoms with E-state index in [0.717, 1.165) is 24.1 Å². The minimum absolute atomic E-state index is 0.0549. The van der Waals surface area contributed by atoms with Crippen LogP contribution in [0.15, 0.2) is 36.4 Å². The molecule has 2 heterocycles. The van der Waals surface area contributed by atoms with Crippen molar-refractivity contribution >= 4 is 22.7 Å². The highest BCUT2D eigenvalue weighted by Crippen LogP contribution is 2.52. The summed E-state index contributed by atoms with van der Waals surface area (Å²) in [6, 6.07) is 8.20. The lowest BCUT2D eigenvalue weighted by Crippen LogP contribution is -2.34. The summed E-state index contributed by atoms with van der Waals surface area (Å²) in [7, 11) is 0. The number of carbonyl (C=O) groups is 2. The molecule has 2 fully saturated rings. The average molecular weight is 320 g/mol. The first kappa shape index (κ1) is 14.0. The van der Waals surface area contributed by atoms with Crippen LogP contribution in [0.25, 0.3) is 10.9 Å². The summed E-state index contributed by atoms with van der Waals surface area (Å²) in [5.74, 6) is 0.513. The molecular weight excluding hydrogens is 300 g/mol. The zero-order chi connectivity index (χ0) is 16.4. The Bertz CT molecular complexity index is 864. The Labute approximate surface area is 140 Å². The molecule has 2 aliphatic carbocycles. The fourth-order valence-corrected chi connectivity index (χ4v) is 5.06. The summed E-state index contributed by atoms with van der Waals surface area (Å²) in [6.45, 7) is 2.55. The van der Waals surface area contributed by atoms with Gasteiger partial charge in [0.05, 0.1) is 11.8 Å². The Morgan fingerprint density at radius 3 is 2.46 bits per heavy atom. The van der Waals surface area contributed by atoms with Crippen molar-refractivity contribution in [2.24, 2.45) is 23.7 Å². The maximum atomic E-state index is 12.8. The highest BCUT2D eigenvalue weighted by molar-refractivity contribution is 6.06. The van der Waals surface area contributed by atoms with Gasteiger partial charge in [0.2, 0.25) is 11.8 Å². The second kappa shape index (κ2) is 4.82. The van der Waals surface area contributed by atoms with Crippen LogP contribution in [-0.4, -0.2) is 28.2 Å². The van der Waals surface area contributed by atoms with Gasteiger partial charge in [0.15, 0.2) is 0 Å². The highest BCUT2D eigenvalue weighted by Gasteiger charge is 2.58. The summed E-state index contributed by atoms with van der Waals surface area (Å²) in [5, 5.41) is 1.19. The van der Waals surface area contributed by atoms with Crippen LogP contribution >= 0.6 is 0 Å². The number of benzene rings is 1. The molecule has 2 bridgehead atoms. The molecule has 1 saturated heterocycles. The standard InChI is InChI=1S/C20H20N2O2/c1-11-14(15-4-2-3-5-16(15)21-11)8-9-22-19(23)17-12-6-7-13(10-12)18(17)20(22)24/h2-7,12-13,17-18,21H,8-10H2,1H3/t12-,13-,17+,18+/m0/s1. The number of aryl methyl sites for hydroxylation is 1. The van der Waals surface area contributed by atoms with Crippen molar-refractivity contribution in [3.63, 3.8) is 0 Å². The molecule has 5 rings (SSSR count). The number of nitrogens with one attached hydrogen (secondary N) is 1. The van der Waals surface area contributed by atoms with Gasteiger partial charge in [0.1, 0.15) is 0 Å². The number of imide groups is 1. The Morgan fingerprint density at radius 2 is 1.75 bits per heavy atom. The van der Waals surface area contributed by atoms with Crippen molar-refractivity contribution in [3.05, 3.63) is 47.7 Å². The number of rotatable bonds is 3. The third-order valence-electron chi connectivity index (χ3n) is 6.17. The number of allylic oxidation sites excluding steroid dienone is 2. The van der Waals surface area contributed by atoms with E-state index in [9.17, 15) is 9.59 Å². The van der Waals surface area contributed by atoms with Gasteiger partial charge in [-0.2, -0.15) is 0 Å². The molecule has 3 aliphatic rings. The Hall–Kier alpha value is -2.36. The first-order chi connectivity index (χ1) is 11.6. The van der Waals surface area contributed by atoms with Gasteiger partial charge in [-0.25, -0.2) is 0 Å². The van der Waals surface area contributed by atoms with Gasteiger partial charge in [0.25, 0.3) is 0 Å². The predicted octanol–water partition coefficient (Wildman–Crippen LogP) is 2.83. The number of hydrogen-bond donors (Lipinski definition) is 1. The lowest BCUT2D eigenvalue weighted by molar-refractivity contribution is -0.140. The maximum absolute atomic E-state index is 12.8. The normalized spacial score (nSPS) is 30.8. The number of hydrogen-bond acceptors (Lipinski definition) is 2. The number of fused-ring (bicyclic) bond motifs is 6. The molecule has 1 aromatic heterocycles. The summed E-state index contributed by atoms with van der Waals surface area (Å²) in [6.07, 6.45) is 5.99. The second-order valence-electron chi connectivity index (χ2n) is 7.35. The lowest BCUT2D eigenvalue weighted by Gasteiger charge is -2.17. The number of aromatic nitrogens is 1. The second-order valence-corrected chi connectivity index (χ2v) is 7.35. The van der Waals surface area contributed by atoms with Gasteiger partial charge < -0.3 is 4.98 Å². The number of para-hydroxylation sites is 1. The third-order valence-corrected chi connectivity index (χ3v) is 6.17. The highest BCUT2D eigenvalue weighted by atomic mass is 16.2. The van der Waals surface area contributed by atoms with Crippen molar-refractivity contribution in [1.29, 1.82) is 0 Å². The molecular formula is C20H20N2O2. The van der Waals surface area contributed by atoms with Crippen molar-refractivity contribution in [2.45, 2.75) is 19.8 Å². The summed E-state index contributed by atoms with van der Waals surface area (Å²) in [4.78, 5) is 30.4. The zero-order valence-corrected chi connectivity index (χ0v) is 13.7. The fraction of sp³-hybridized carbons (Fsp3) is 0.400.